The van der Waals surface area contributed by atoms with Gasteiger partial charge in [0.1, 0.15) is 0 Å². The zero-order valence-electron chi connectivity index (χ0n) is 15.9. The summed E-state index contributed by atoms with van der Waals surface area (Å²) in [6, 6.07) is 0.551. The molecule has 0 amide bonds. The van der Waals surface area contributed by atoms with E-state index in [0.29, 0.717) is 12.0 Å². The monoisotopic (exact) mass is 326 g/mol. The van der Waals surface area contributed by atoms with E-state index in [2.05, 4.69) is 48.2 Å². The van der Waals surface area contributed by atoms with Crippen molar-refractivity contribution in [1.82, 2.24) is 15.5 Å². The van der Waals surface area contributed by atoms with Gasteiger partial charge >= 0.3 is 0 Å². The molecule has 0 saturated carbocycles. The second kappa shape index (κ2) is 11.7. The summed E-state index contributed by atoms with van der Waals surface area (Å²) in [7, 11) is 1.83. The molecule has 1 atom stereocenters. The van der Waals surface area contributed by atoms with Crippen molar-refractivity contribution in [3.05, 3.63) is 0 Å². The summed E-state index contributed by atoms with van der Waals surface area (Å²) in [5.41, 5.74) is 0. The van der Waals surface area contributed by atoms with Crippen molar-refractivity contribution in [3.8, 4) is 0 Å². The van der Waals surface area contributed by atoms with Crippen LogP contribution in [0.15, 0.2) is 4.99 Å². The van der Waals surface area contributed by atoms with Crippen molar-refractivity contribution in [2.75, 3.05) is 46.4 Å². The first-order valence-electron chi connectivity index (χ1n) is 9.29. The van der Waals surface area contributed by atoms with Gasteiger partial charge in [-0.15, -0.1) is 0 Å². The van der Waals surface area contributed by atoms with Gasteiger partial charge in [0.05, 0.1) is 0 Å². The molecule has 5 nitrogen and oxygen atoms in total. The summed E-state index contributed by atoms with van der Waals surface area (Å²) in [5.74, 6) is 2.39. The second-order valence-electron chi connectivity index (χ2n) is 7.27. The Kier molecular flexibility index (Phi) is 10.3. The molecule has 0 spiro atoms. The fourth-order valence-electron chi connectivity index (χ4n) is 2.76. The molecule has 1 unspecified atom stereocenters. The summed E-state index contributed by atoms with van der Waals surface area (Å²) < 4.78 is 5.59. The van der Waals surface area contributed by atoms with Crippen LogP contribution in [0.4, 0.5) is 0 Å². The van der Waals surface area contributed by atoms with Crippen molar-refractivity contribution in [1.29, 1.82) is 0 Å². The third-order valence-corrected chi connectivity index (χ3v) is 4.44. The molecule has 1 aliphatic heterocycles. The summed E-state index contributed by atoms with van der Waals surface area (Å²) in [4.78, 5) is 6.88. The molecule has 1 heterocycles. The van der Waals surface area contributed by atoms with Crippen LogP contribution in [0, 0.1) is 11.8 Å². The Balaban J connectivity index is 2.11. The molecule has 23 heavy (non-hydrogen) atoms. The van der Waals surface area contributed by atoms with E-state index in [4.69, 9.17) is 4.74 Å². The van der Waals surface area contributed by atoms with Crippen LogP contribution in [-0.4, -0.2) is 63.3 Å². The lowest BCUT2D eigenvalue weighted by Crippen LogP contribution is -2.48. The predicted octanol–water partition coefficient (Wildman–Crippen LogP) is 2.33. The van der Waals surface area contributed by atoms with Gasteiger partial charge in [0, 0.05) is 39.4 Å². The van der Waals surface area contributed by atoms with Gasteiger partial charge in [-0.3, -0.25) is 9.89 Å². The van der Waals surface area contributed by atoms with Crippen LogP contribution in [0.25, 0.3) is 0 Å². The Morgan fingerprint density at radius 3 is 2.52 bits per heavy atom. The molecule has 0 aromatic heterocycles. The largest absolute Gasteiger partial charge is 0.381 e. The lowest BCUT2D eigenvalue weighted by Gasteiger charge is -2.35. The Morgan fingerprint density at radius 2 is 1.91 bits per heavy atom. The molecule has 2 N–H and O–H groups in total. The molecular formula is C18H38N4O. The van der Waals surface area contributed by atoms with Crippen molar-refractivity contribution >= 4 is 5.96 Å². The van der Waals surface area contributed by atoms with E-state index in [-0.39, 0.29) is 0 Å². The third-order valence-electron chi connectivity index (χ3n) is 4.44. The lowest BCUT2D eigenvalue weighted by atomic mass is 9.98. The van der Waals surface area contributed by atoms with E-state index >= 15 is 0 Å². The van der Waals surface area contributed by atoms with E-state index in [1.54, 1.807) is 0 Å². The number of likely N-dealkylation sites (tertiary alicyclic amines) is 1. The van der Waals surface area contributed by atoms with E-state index < -0.39 is 0 Å². The summed E-state index contributed by atoms with van der Waals surface area (Å²) in [6.07, 6.45) is 3.66. The van der Waals surface area contributed by atoms with Crippen molar-refractivity contribution < 1.29 is 4.74 Å². The molecule has 136 valence electrons. The van der Waals surface area contributed by atoms with Crippen LogP contribution in [-0.2, 0) is 4.74 Å². The molecule has 1 saturated heterocycles. The van der Waals surface area contributed by atoms with Crippen molar-refractivity contribution in [2.24, 2.45) is 16.8 Å². The first kappa shape index (κ1) is 20.2. The van der Waals surface area contributed by atoms with E-state index in [0.717, 1.165) is 44.6 Å². The normalized spacial score (nSPS) is 19.1. The average Bonchev–Trinajstić information content (AvgIpc) is 2.53. The van der Waals surface area contributed by atoms with Gasteiger partial charge in [-0.1, -0.05) is 20.8 Å². The molecule has 0 aromatic rings. The fourth-order valence-corrected chi connectivity index (χ4v) is 2.76. The van der Waals surface area contributed by atoms with E-state index in [1.807, 2.05) is 7.05 Å². The number of aliphatic imine (C=N–C) groups is 1. The zero-order valence-corrected chi connectivity index (χ0v) is 15.9. The maximum Gasteiger partial charge on any atom is 0.191 e. The topological polar surface area (TPSA) is 48.9 Å². The molecular weight excluding hydrogens is 288 g/mol. The van der Waals surface area contributed by atoms with Crippen LogP contribution in [0.1, 0.15) is 47.0 Å². The number of piperidine rings is 1. The van der Waals surface area contributed by atoms with Gasteiger partial charge in [0.2, 0.25) is 0 Å². The Hall–Kier alpha value is -0.810. The van der Waals surface area contributed by atoms with E-state index in [1.165, 1.54) is 25.9 Å². The molecule has 0 aliphatic carbocycles. The standard InChI is InChI=1S/C18H38N4O/c1-15(2)14-23-12-6-9-20-18(19-5)21-13-17(4)22-10-7-16(3)8-11-22/h15-17H,6-14H2,1-5H3,(H2,19,20,21). The highest BCUT2D eigenvalue weighted by Gasteiger charge is 2.20. The Labute approximate surface area is 143 Å². The first-order valence-corrected chi connectivity index (χ1v) is 9.29. The van der Waals surface area contributed by atoms with E-state index in [9.17, 15) is 0 Å². The lowest BCUT2D eigenvalue weighted by molar-refractivity contribution is 0.108. The molecule has 0 aromatic carbocycles. The number of hydrogen-bond acceptors (Lipinski definition) is 3. The molecule has 1 aliphatic rings. The number of guanidine groups is 1. The number of hydrogen-bond donors (Lipinski definition) is 2. The minimum absolute atomic E-state index is 0.551. The second-order valence-corrected chi connectivity index (χ2v) is 7.27. The third kappa shape index (κ3) is 9.16. The van der Waals surface area contributed by atoms with Gasteiger partial charge in [0.25, 0.3) is 0 Å². The van der Waals surface area contributed by atoms with Crippen molar-refractivity contribution in [2.45, 2.75) is 53.0 Å². The minimum Gasteiger partial charge on any atom is -0.381 e. The van der Waals surface area contributed by atoms with Crippen molar-refractivity contribution in [3.63, 3.8) is 0 Å². The van der Waals surface area contributed by atoms with Gasteiger partial charge in [-0.2, -0.15) is 0 Å². The minimum atomic E-state index is 0.551. The SMILES string of the molecule is CN=C(NCCCOCC(C)C)NCC(C)N1CCC(C)CC1. The molecule has 5 heteroatoms. The smallest absolute Gasteiger partial charge is 0.191 e. The van der Waals surface area contributed by atoms with Gasteiger partial charge in [-0.25, -0.2) is 0 Å². The molecule has 1 rings (SSSR count). The van der Waals surface area contributed by atoms with Crippen LogP contribution >= 0.6 is 0 Å². The zero-order chi connectivity index (χ0) is 17.1. The summed E-state index contributed by atoms with van der Waals surface area (Å²) in [6.45, 7) is 15.0. The molecule has 0 radical (unpaired) electrons. The maximum absolute atomic E-state index is 5.59. The number of nitrogens with zero attached hydrogens (tertiary/aromatic N) is 2. The van der Waals surface area contributed by atoms with Crippen LogP contribution in [0.5, 0.6) is 0 Å². The fraction of sp³-hybridized carbons (Fsp3) is 0.944. The summed E-state index contributed by atoms with van der Waals surface area (Å²) >= 11 is 0. The highest BCUT2D eigenvalue weighted by molar-refractivity contribution is 5.79. The van der Waals surface area contributed by atoms with Gasteiger partial charge < -0.3 is 15.4 Å². The maximum atomic E-state index is 5.59. The molecule has 0 bridgehead atoms. The number of ether oxygens (including phenoxy) is 1. The highest BCUT2D eigenvalue weighted by atomic mass is 16.5. The Bertz CT molecular complexity index is 325. The number of rotatable bonds is 9. The highest BCUT2D eigenvalue weighted by Crippen LogP contribution is 2.17. The van der Waals surface area contributed by atoms with Crippen LogP contribution in [0.3, 0.4) is 0 Å². The summed E-state index contributed by atoms with van der Waals surface area (Å²) in [5, 5.41) is 6.81. The van der Waals surface area contributed by atoms with Gasteiger partial charge in [0.15, 0.2) is 5.96 Å². The first-order chi connectivity index (χ1) is 11.0. The predicted molar refractivity (Wildman–Crippen MR) is 99.1 cm³/mol. The van der Waals surface area contributed by atoms with Gasteiger partial charge in [-0.05, 0) is 51.1 Å². The quantitative estimate of drug-likeness (QED) is 0.388. The van der Waals surface area contributed by atoms with Crippen LogP contribution in [0.2, 0.25) is 0 Å². The average molecular weight is 327 g/mol. The Morgan fingerprint density at radius 1 is 1.22 bits per heavy atom. The molecule has 1 fully saturated rings. The van der Waals surface area contributed by atoms with Crippen LogP contribution < -0.4 is 10.6 Å². The number of nitrogens with one attached hydrogen (secondary N) is 2.